The molecule has 4 aliphatic carbocycles. The average molecular weight is 328 g/mol. The van der Waals surface area contributed by atoms with Crippen LogP contribution in [-0.2, 0) is 4.74 Å². The largest absolute Gasteiger partial charge is 0.355 e. The van der Waals surface area contributed by atoms with Gasteiger partial charge < -0.3 is 4.74 Å². The number of ether oxygens (including phenoxy) is 1. The highest BCUT2D eigenvalue weighted by molar-refractivity contribution is 8.00. The van der Waals surface area contributed by atoms with E-state index in [1.54, 1.807) is 0 Å². The van der Waals surface area contributed by atoms with Crippen molar-refractivity contribution in [1.82, 2.24) is 0 Å². The number of halogens is 3. The zero-order valence-electron chi connectivity index (χ0n) is 10.1. The SMILES string of the molecule is ClC(Cl)(Cl)C1CSC2(O1)C1CC3CC(C1)CC2C3. The molecule has 1 unspecified atom stereocenters. The third-order valence-electron chi connectivity index (χ3n) is 5.43. The minimum atomic E-state index is -1.27. The monoisotopic (exact) mass is 326 g/mol. The van der Waals surface area contributed by atoms with Gasteiger partial charge in [-0.2, -0.15) is 0 Å². The molecule has 1 atom stereocenters. The average Bonchev–Trinajstić information content (AvgIpc) is 2.70. The first-order chi connectivity index (χ1) is 8.47. The summed E-state index contributed by atoms with van der Waals surface area (Å²) < 4.78 is 5.08. The highest BCUT2D eigenvalue weighted by Gasteiger charge is 2.62. The standard InChI is InChI=1S/C13H17Cl3OS/c14-13(15,16)11-6-18-12(17-11)9-2-7-1-8(4-9)5-10(12)3-7/h7-11H,1-6H2. The van der Waals surface area contributed by atoms with Crippen LogP contribution in [-0.4, -0.2) is 20.6 Å². The lowest BCUT2D eigenvalue weighted by Crippen LogP contribution is -2.56. The highest BCUT2D eigenvalue weighted by atomic mass is 35.6. The van der Waals surface area contributed by atoms with Crippen molar-refractivity contribution in [3.8, 4) is 0 Å². The van der Waals surface area contributed by atoms with Gasteiger partial charge in [-0.1, -0.05) is 34.8 Å². The molecule has 1 heterocycles. The Morgan fingerprint density at radius 2 is 1.50 bits per heavy atom. The molecule has 5 aliphatic rings. The van der Waals surface area contributed by atoms with Gasteiger partial charge in [0, 0.05) is 5.75 Å². The molecule has 5 heteroatoms. The molecule has 5 rings (SSSR count). The molecular formula is C13H17Cl3OS. The van der Waals surface area contributed by atoms with Crippen molar-refractivity contribution in [3.05, 3.63) is 0 Å². The lowest BCUT2D eigenvalue weighted by atomic mass is 9.54. The Morgan fingerprint density at radius 3 is 1.94 bits per heavy atom. The van der Waals surface area contributed by atoms with E-state index in [0.717, 1.165) is 17.6 Å². The number of thioether (sulfide) groups is 1. The Morgan fingerprint density at radius 1 is 0.944 bits per heavy atom. The van der Waals surface area contributed by atoms with Gasteiger partial charge in [0.25, 0.3) is 0 Å². The van der Waals surface area contributed by atoms with Gasteiger partial charge in [0.2, 0.25) is 3.79 Å². The lowest BCUT2D eigenvalue weighted by molar-refractivity contribution is -0.158. The van der Waals surface area contributed by atoms with Gasteiger partial charge in [0.05, 0.1) is 0 Å². The molecule has 18 heavy (non-hydrogen) atoms. The zero-order valence-corrected chi connectivity index (χ0v) is 13.2. The summed E-state index contributed by atoms with van der Waals surface area (Å²) in [5, 5.41) is 0. The molecule has 102 valence electrons. The minimum absolute atomic E-state index is 0.0119. The van der Waals surface area contributed by atoms with Gasteiger partial charge in [0.1, 0.15) is 11.0 Å². The lowest BCUT2D eigenvalue weighted by Gasteiger charge is -2.59. The van der Waals surface area contributed by atoms with Crippen molar-refractivity contribution in [3.63, 3.8) is 0 Å². The Labute approximate surface area is 127 Å². The maximum Gasteiger partial charge on any atom is 0.217 e. The zero-order chi connectivity index (χ0) is 12.5. The molecule has 1 aliphatic heterocycles. The molecule has 4 bridgehead atoms. The second-order valence-corrected chi connectivity index (χ2v) is 10.1. The van der Waals surface area contributed by atoms with E-state index < -0.39 is 3.79 Å². The van der Waals surface area contributed by atoms with Crippen LogP contribution in [0.1, 0.15) is 32.1 Å². The summed E-state index contributed by atoms with van der Waals surface area (Å²) in [6.45, 7) is 0. The van der Waals surface area contributed by atoms with Crippen LogP contribution in [0.3, 0.4) is 0 Å². The van der Waals surface area contributed by atoms with Gasteiger partial charge in [-0.15, -0.1) is 11.8 Å². The summed E-state index contributed by atoms with van der Waals surface area (Å²) in [5.74, 6) is 4.15. The van der Waals surface area contributed by atoms with Crippen LogP contribution in [0.25, 0.3) is 0 Å². The topological polar surface area (TPSA) is 9.23 Å². The van der Waals surface area contributed by atoms with E-state index >= 15 is 0 Å². The van der Waals surface area contributed by atoms with Crippen molar-refractivity contribution in [2.24, 2.45) is 23.7 Å². The van der Waals surface area contributed by atoms with Gasteiger partial charge in [-0.05, 0) is 55.8 Å². The van der Waals surface area contributed by atoms with E-state index in [9.17, 15) is 0 Å². The number of hydrogen-bond donors (Lipinski definition) is 0. The van der Waals surface area contributed by atoms with Gasteiger partial charge in [-0.25, -0.2) is 0 Å². The summed E-state index contributed by atoms with van der Waals surface area (Å²) in [5.41, 5.74) is 0. The number of alkyl halides is 3. The molecule has 0 radical (unpaired) electrons. The predicted octanol–water partition coefficient (Wildman–Crippen LogP) is 4.64. The summed E-state index contributed by atoms with van der Waals surface area (Å²) in [6, 6.07) is 0. The van der Waals surface area contributed by atoms with Crippen molar-refractivity contribution in [2.75, 3.05) is 5.75 Å². The minimum Gasteiger partial charge on any atom is -0.355 e. The fourth-order valence-corrected chi connectivity index (χ4v) is 7.34. The molecule has 0 amide bonds. The van der Waals surface area contributed by atoms with E-state index in [1.807, 2.05) is 11.8 Å². The molecule has 1 nitrogen and oxygen atoms in total. The van der Waals surface area contributed by atoms with E-state index in [2.05, 4.69) is 0 Å². The van der Waals surface area contributed by atoms with Crippen LogP contribution in [0.15, 0.2) is 0 Å². The Balaban J connectivity index is 1.61. The molecule has 0 N–H and O–H groups in total. The molecule has 0 aromatic carbocycles. The molecular weight excluding hydrogens is 311 g/mol. The third-order valence-corrected chi connectivity index (χ3v) is 7.84. The van der Waals surface area contributed by atoms with Crippen LogP contribution >= 0.6 is 46.6 Å². The van der Waals surface area contributed by atoms with Crippen LogP contribution in [0.4, 0.5) is 0 Å². The first kappa shape index (κ1) is 12.9. The van der Waals surface area contributed by atoms with Crippen LogP contribution in [0.5, 0.6) is 0 Å². The Kier molecular flexibility index (Phi) is 2.93. The van der Waals surface area contributed by atoms with E-state index in [1.165, 1.54) is 32.1 Å². The maximum absolute atomic E-state index is 6.36. The van der Waals surface area contributed by atoms with Crippen molar-refractivity contribution < 1.29 is 4.74 Å². The second kappa shape index (κ2) is 4.10. The van der Waals surface area contributed by atoms with Gasteiger partial charge >= 0.3 is 0 Å². The molecule has 1 spiro atoms. The smallest absolute Gasteiger partial charge is 0.217 e. The summed E-state index contributed by atoms with van der Waals surface area (Å²) >= 11 is 20.0. The van der Waals surface area contributed by atoms with E-state index in [4.69, 9.17) is 39.5 Å². The Bertz CT molecular complexity index is 340. The van der Waals surface area contributed by atoms with Crippen LogP contribution in [0.2, 0.25) is 0 Å². The highest BCUT2D eigenvalue weighted by Crippen LogP contribution is 2.66. The van der Waals surface area contributed by atoms with Crippen LogP contribution < -0.4 is 0 Å². The van der Waals surface area contributed by atoms with Gasteiger partial charge in [0.15, 0.2) is 0 Å². The molecule has 0 aromatic rings. The first-order valence-corrected chi connectivity index (χ1v) is 8.98. The second-order valence-electron chi connectivity index (χ2n) is 6.48. The summed E-state index contributed by atoms with van der Waals surface area (Å²) in [4.78, 5) is -0.0119. The van der Waals surface area contributed by atoms with Crippen molar-refractivity contribution in [1.29, 1.82) is 0 Å². The molecule has 5 fully saturated rings. The van der Waals surface area contributed by atoms with E-state index in [0.29, 0.717) is 11.8 Å². The quantitative estimate of drug-likeness (QED) is 0.599. The molecule has 0 aromatic heterocycles. The van der Waals surface area contributed by atoms with E-state index in [-0.39, 0.29) is 11.0 Å². The molecule has 4 saturated carbocycles. The van der Waals surface area contributed by atoms with Gasteiger partial charge in [-0.3, -0.25) is 0 Å². The third kappa shape index (κ3) is 1.79. The number of hydrogen-bond acceptors (Lipinski definition) is 2. The predicted molar refractivity (Wildman–Crippen MR) is 77.4 cm³/mol. The van der Waals surface area contributed by atoms with Crippen LogP contribution in [0, 0.1) is 23.7 Å². The fourth-order valence-electron chi connectivity index (χ4n) is 4.93. The summed E-state index contributed by atoms with van der Waals surface area (Å²) in [7, 11) is 0. The summed E-state index contributed by atoms with van der Waals surface area (Å²) in [6.07, 6.45) is 6.59. The molecule has 1 saturated heterocycles. The normalized spacial score (nSPS) is 54.5. The van der Waals surface area contributed by atoms with Crippen molar-refractivity contribution >= 4 is 46.6 Å². The first-order valence-electron chi connectivity index (χ1n) is 6.86. The fraction of sp³-hybridized carbons (Fsp3) is 1.00. The maximum atomic E-state index is 6.36. The Hall–Kier alpha value is 1.18. The van der Waals surface area contributed by atoms with Crippen molar-refractivity contribution in [2.45, 2.75) is 46.9 Å². The number of rotatable bonds is 0.